The topological polar surface area (TPSA) is 81.1 Å². The molecule has 1 amide bonds. The van der Waals surface area contributed by atoms with Crippen molar-refractivity contribution in [3.8, 4) is 0 Å². The zero-order valence-corrected chi connectivity index (χ0v) is 16.6. The van der Waals surface area contributed by atoms with Crippen molar-refractivity contribution >= 4 is 32.7 Å². The normalized spacial score (nSPS) is 11.5. The molecule has 4 aromatic rings. The molecule has 0 atom stereocenters. The van der Waals surface area contributed by atoms with Crippen molar-refractivity contribution < 1.29 is 13.2 Å². The van der Waals surface area contributed by atoms with Gasteiger partial charge < -0.3 is 5.32 Å². The summed E-state index contributed by atoms with van der Waals surface area (Å²) in [6.45, 7) is 1.92. The summed E-state index contributed by atoms with van der Waals surface area (Å²) in [7, 11) is -3.58. The molecule has 1 N–H and O–H groups in total. The molecule has 0 spiro atoms. The minimum Gasteiger partial charge on any atom is -0.307 e. The molecule has 0 fully saturated rings. The monoisotopic (exact) mass is 405 g/mol. The van der Waals surface area contributed by atoms with Crippen LogP contribution in [-0.4, -0.2) is 23.3 Å². The minimum atomic E-state index is -3.58. The summed E-state index contributed by atoms with van der Waals surface area (Å²) in [5, 5.41) is 3.42. The van der Waals surface area contributed by atoms with Crippen LogP contribution in [0.1, 0.15) is 21.5 Å². The van der Waals surface area contributed by atoms with E-state index in [0.29, 0.717) is 22.3 Å². The van der Waals surface area contributed by atoms with Gasteiger partial charge in [-0.2, -0.15) is 0 Å². The second-order valence-electron chi connectivity index (χ2n) is 6.80. The standard InChI is InChI=1S/C22H19N3O3S/c1-16-7-10-21(23-14-16)24-22(26)19-8-9-20-18(13-19)11-12-25(20)29(27,28)15-17-5-3-2-4-6-17/h2-14H,15H2,1H3,(H,23,24,26). The predicted octanol–water partition coefficient (Wildman–Crippen LogP) is 3.98. The summed E-state index contributed by atoms with van der Waals surface area (Å²) in [6, 6.07) is 19.3. The predicted molar refractivity (Wildman–Crippen MR) is 113 cm³/mol. The molecule has 2 aromatic carbocycles. The second kappa shape index (κ2) is 7.52. The molecule has 6 nitrogen and oxygen atoms in total. The average Bonchev–Trinajstić information content (AvgIpc) is 3.14. The first kappa shape index (κ1) is 18.9. The van der Waals surface area contributed by atoms with E-state index in [1.165, 1.54) is 10.2 Å². The van der Waals surface area contributed by atoms with Crippen molar-refractivity contribution in [2.75, 3.05) is 5.32 Å². The maximum absolute atomic E-state index is 12.8. The molecule has 0 unspecified atom stereocenters. The molecule has 146 valence electrons. The first-order chi connectivity index (χ1) is 13.9. The third kappa shape index (κ3) is 4.05. The fraction of sp³-hybridized carbons (Fsp3) is 0.0909. The fourth-order valence-corrected chi connectivity index (χ4v) is 4.55. The number of aromatic nitrogens is 2. The Kier molecular flexibility index (Phi) is 4.90. The van der Waals surface area contributed by atoms with E-state index in [4.69, 9.17) is 0 Å². The van der Waals surface area contributed by atoms with Crippen LogP contribution >= 0.6 is 0 Å². The molecule has 0 aliphatic rings. The van der Waals surface area contributed by atoms with Crippen LogP contribution in [-0.2, 0) is 15.8 Å². The molecule has 0 radical (unpaired) electrons. The van der Waals surface area contributed by atoms with Gasteiger partial charge in [-0.1, -0.05) is 36.4 Å². The highest BCUT2D eigenvalue weighted by molar-refractivity contribution is 7.89. The highest BCUT2D eigenvalue weighted by atomic mass is 32.2. The largest absolute Gasteiger partial charge is 0.307 e. The lowest BCUT2D eigenvalue weighted by Crippen LogP contribution is -2.14. The van der Waals surface area contributed by atoms with Crippen molar-refractivity contribution in [3.05, 3.63) is 95.8 Å². The Morgan fingerprint density at radius 2 is 1.83 bits per heavy atom. The number of carbonyl (C=O) groups is 1. The van der Waals surface area contributed by atoms with E-state index in [2.05, 4.69) is 10.3 Å². The van der Waals surface area contributed by atoms with Crippen LogP contribution < -0.4 is 5.32 Å². The number of benzene rings is 2. The van der Waals surface area contributed by atoms with Crippen LogP contribution in [0.15, 0.2) is 79.1 Å². The maximum Gasteiger partial charge on any atom is 0.256 e. The van der Waals surface area contributed by atoms with Gasteiger partial charge in [0.1, 0.15) is 5.82 Å². The highest BCUT2D eigenvalue weighted by Crippen LogP contribution is 2.22. The van der Waals surface area contributed by atoms with Gasteiger partial charge >= 0.3 is 0 Å². The number of nitrogens with zero attached hydrogens (tertiary/aromatic N) is 2. The van der Waals surface area contributed by atoms with Gasteiger partial charge in [0.25, 0.3) is 5.91 Å². The molecular weight excluding hydrogens is 386 g/mol. The van der Waals surface area contributed by atoms with E-state index in [1.54, 1.807) is 48.7 Å². The molecule has 7 heteroatoms. The Bertz CT molecular complexity index is 1280. The van der Waals surface area contributed by atoms with E-state index < -0.39 is 10.0 Å². The van der Waals surface area contributed by atoms with Gasteiger partial charge in [0.2, 0.25) is 10.0 Å². The summed E-state index contributed by atoms with van der Waals surface area (Å²) < 4.78 is 26.9. The quantitative estimate of drug-likeness (QED) is 0.545. The molecule has 0 bridgehead atoms. The van der Waals surface area contributed by atoms with Crippen molar-refractivity contribution in [2.45, 2.75) is 12.7 Å². The summed E-state index contributed by atoms with van der Waals surface area (Å²) in [5.41, 5.74) is 2.68. The maximum atomic E-state index is 12.8. The Hall–Kier alpha value is -3.45. The Morgan fingerprint density at radius 1 is 1.03 bits per heavy atom. The molecule has 0 saturated carbocycles. The van der Waals surface area contributed by atoms with Crippen molar-refractivity contribution in [1.29, 1.82) is 0 Å². The van der Waals surface area contributed by atoms with Crippen LogP contribution in [0.2, 0.25) is 0 Å². The Morgan fingerprint density at radius 3 is 2.55 bits per heavy atom. The molecule has 4 rings (SSSR count). The van der Waals surface area contributed by atoms with Crippen molar-refractivity contribution in [3.63, 3.8) is 0 Å². The van der Waals surface area contributed by atoms with Crippen LogP contribution in [0.4, 0.5) is 5.82 Å². The molecule has 0 aliphatic carbocycles. The smallest absolute Gasteiger partial charge is 0.256 e. The Balaban J connectivity index is 1.60. The second-order valence-corrected chi connectivity index (χ2v) is 8.65. The Labute approximate surface area is 168 Å². The molecule has 29 heavy (non-hydrogen) atoms. The lowest BCUT2D eigenvalue weighted by Gasteiger charge is -2.09. The molecule has 2 aromatic heterocycles. The molecule has 0 saturated heterocycles. The zero-order chi connectivity index (χ0) is 20.4. The lowest BCUT2D eigenvalue weighted by atomic mass is 10.1. The van der Waals surface area contributed by atoms with E-state index in [-0.39, 0.29) is 11.7 Å². The number of carbonyl (C=O) groups excluding carboxylic acids is 1. The van der Waals surface area contributed by atoms with Crippen molar-refractivity contribution in [2.24, 2.45) is 0 Å². The van der Waals surface area contributed by atoms with Crippen LogP contribution in [0, 0.1) is 6.92 Å². The first-order valence-corrected chi connectivity index (χ1v) is 10.7. The van der Waals surface area contributed by atoms with E-state index in [1.807, 2.05) is 31.2 Å². The molecule has 2 heterocycles. The van der Waals surface area contributed by atoms with E-state index in [9.17, 15) is 13.2 Å². The van der Waals surface area contributed by atoms with E-state index in [0.717, 1.165) is 11.1 Å². The third-order valence-electron chi connectivity index (χ3n) is 4.56. The zero-order valence-electron chi connectivity index (χ0n) is 15.7. The van der Waals surface area contributed by atoms with Gasteiger partial charge in [0.15, 0.2) is 0 Å². The van der Waals surface area contributed by atoms with Gasteiger partial charge in [0.05, 0.1) is 11.3 Å². The number of aryl methyl sites for hydroxylation is 1. The minimum absolute atomic E-state index is 0.0983. The summed E-state index contributed by atoms with van der Waals surface area (Å²) >= 11 is 0. The number of pyridine rings is 1. The van der Waals surface area contributed by atoms with Gasteiger partial charge in [0, 0.05) is 23.3 Å². The number of hydrogen-bond acceptors (Lipinski definition) is 4. The SMILES string of the molecule is Cc1ccc(NC(=O)c2ccc3c(ccn3S(=O)(=O)Cc3ccccc3)c2)nc1. The van der Waals surface area contributed by atoms with Crippen LogP contribution in [0.3, 0.4) is 0 Å². The number of nitrogens with one attached hydrogen (secondary N) is 1. The summed E-state index contributed by atoms with van der Waals surface area (Å²) in [6.07, 6.45) is 3.20. The summed E-state index contributed by atoms with van der Waals surface area (Å²) in [4.78, 5) is 16.7. The van der Waals surface area contributed by atoms with Gasteiger partial charge in [-0.05, 0) is 48.4 Å². The lowest BCUT2D eigenvalue weighted by molar-refractivity contribution is 0.102. The summed E-state index contributed by atoms with van der Waals surface area (Å²) in [5.74, 6) is 0.0609. The van der Waals surface area contributed by atoms with Crippen LogP contribution in [0.25, 0.3) is 10.9 Å². The number of hydrogen-bond donors (Lipinski definition) is 1. The number of rotatable bonds is 5. The van der Waals surface area contributed by atoms with Crippen LogP contribution in [0.5, 0.6) is 0 Å². The number of fused-ring (bicyclic) bond motifs is 1. The van der Waals surface area contributed by atoms with Gasteiger partial charge in [-0.25, -0.2) is 17.4 Å². The first-order valence-electron chi connectivity index (χ1n) is 9.05. The highest BCUT2D eigenvalue weighted by Gasteiger charge is 2.18. The van der Waals surface area contributed by atoms with E-state index >= 15 is 0 Å². The number of anilines is 1. The number of amides is 1. The molecule has 0 aliphatic heterocycles. The van der Waals surface area contributed by atoms with Gasteiger partial charge in [-0.3, -0.25) is 4.79 Å². The van der Waals surface area contributed by atoms with Gasteiger partial charge in [-0.15, -0.1) is 0 Å². The average molecular weight is 405 g/mol. The fourth-order valence-electron chi connectivity index (χ4n) is 3.09. The molecular formula is C22H19N3O3S. The van der Waals surface area contributed by atoms with Crippen molar-refractivity contribution in [1.82, 2.24) is 8.96 Å². The third-order valence-corrected chi connectivity index (χ3v) is 6.18.